The van der Waals surface area contributed by atoms with Crippen LogP contribution in [0.15, 0.2) is 64.6 Å². The van der Waals surface area contributed by atoms with E-state index in [-0.39, 0.29) is 16.3 Å². The van der Waals surface area contributed by atoms with Gasteiger partial charge in [0.05, 0.1) is 22.6 Å². The molecule has 1 aliphatic rings. The molecular weight excluding hydrogens is 470 g/mol. The minimum absolute atomic E-state index is 0.143. The molecule has 0 aliphatic carbocycles. The van der Waals surface area contributed by atoms with Gasteiger partial charge in [0.25, 0.3) is 11.8 Å². The van der Waals surface area contributed by atoms with Gasteiger partial charge in [0.2, 0.25) is 0 Å². The third-order valence-corrected chi connectivity index (χ3v) is 5.13. The number of alkyl halides is 1. The van der Waals surface area contributed by atoms with Crippen LogP contribution in [-0.4, -0.2) is 41.9 Å². The third-order valence-electron chi connectivity index (χ3n) is 4.30. The number of carbonyl (C=O) groups excluding carboxylic acids is 2. The second-order valence-corrected chi connectivity index (χ2v) is 8.00. The minimum atomic E-state index is -0.425. The molecule has 3 rings (SSSR count). The number of anilines is 1. The van der Waals surface area contributed by atoms with Crippen LogP contribution in [-0.2, 0) is 0 Å². The molecule has 1 unspecified atom stereocenters. The van der Waals surface area contributed by atoms with E-state index in [0.717, 1.165) is 0 Å². The van der Waals surface area contributed by atoms with E-state index in [1.54, 1.807) is 49.5 Å². The number of benzene rings is 2. The van der Waals surface area contributed by atoms with Gasteiger partial charge in [0.15, 0.2) is 0 Å². The lowest BCUT2D eigenvalue weighted by atomic mass is 10.1. The van der Waals surface area contributed by atoms with Crippen LogP contribution in [0.5, 0.6) is 0 Å². The van der Waals surface area contributed by atoms with Gasteiger partial charge in [0, 0.05) is 23.2 Å². The van der Waals surface area contributed by atoms with Gasteiger partial charge in [-0.1, -0.05) is 45.7 Å². The van der Waals surface area contributed by atoms with Crippen LogP contribution < -0.4 is 16.4 Å². The molecule has 9 heteroatoms. The number of aliphatic imine (C=N–C) groups is 2. The Morgan fingerprint density at radius 3 is 2.47 bits per heavy atom. The number of dihydropyridines is 1. The van der Waals surface area contributed by atoms with E-state index in [4.69, 9.17) is 17.3 Å². The molecule has 7 nitrogen and oxygen atoms in total. The van der Waals surface area contributed by atoms with Crippen molar-refractivity contribution in [3.8, 4) is 0 Å². The summed E-state index contributed by atoms with van der Waals surface area (Å²) >= 11 is 9.50. The molecule has 0 radical (unpaired) electrons. The maximum Gasteiger partial charge on any atom is 0.258 e. The van der Waals surface area contributed by atoms with Crippen molar-refractivity contribution in [2.24, 2.45) is 15.7 Å². The Morgan fingerprint density at radius 1 is 1.13 bits per heavy atom. The molecule has 2 amide bonds. The molecule has 2 aromatic rings. The van der Waals surface area contributed by atoms with Crippen molar-refractivity contribution in [2.75, 3.05) is 18.9 Å². The average Bonchev–Trinajstić information content (AvgIpc) is 2.76. The second kappa shape index (κ2) is 9.69. The lowest BCUT2D eigenvalue weighted by Gasteiger charge is -2.14. The van der Waals surface area contributed by atoms with Crippen LogP contribution in [0.25, 0.3) is 0 Å². The lowest BCUT2D eigenvalue weighted by Crippen LogP contribution is -2.32. The number of amides is 2. The van der Waals surface area contributed by atoms with E-state index >= 15 is 0 Å². The smallest absolute Gasteiger partial charge is 0.258 e. The van der Waals surface area contributed by atoms with Crippen molar-refractivity contribution >= 4 is 56.7 Å². The van der Waals surface area contributed by atoms with E-state index < -0.39 is 5.91 Å². The van der Waals surface area contributed by atoms with Gasteiger partial charge in [-0.15, -0.1) is 0 Å². The standard InChI is InChI=1S/C21H19BrClN5O2/c1-25-19(24)12-2-4-13(5-3-12)20(29)27-17-8-7-15(23)10-16(17)21(30)28-18-9-6-14(22)11-26-18/h2-10,14H,11H2,1H3,(H2,24,25)(H,27,29)(H,26,28,30). The van der Waals surface area contributed by atoms with Crippen LogP contribution in [0.3, 0.4) is 0 Å². The fourth-order valence-electron chi connectivity index (χ4n) is 2.69. The zero-order chi connectivity index (χ0) is 21.7. The number of hydrogen-bond acceptors (Lipinski definition) is 4. The fourth-order valence-corrected chi connectivity index (χ4v) is 3.16. The van der Waals surface area contributed by atoms with E-state index in [2.05, 4.69) is 36.5 Å². The zero-order valence-corrected chi connectivity index (χ0v) is 18.4. The predicted molar refractivity (Wildman–Crippen MR) is 124 cm³/mol. The van der Waals surface area contributed by atoms with Gasteiger partial charge in [-0.25, -0.2) is 0 Å². The van der Waals surface area contributed by atoms with E-state index in [1.165, 1.54) is 6.07 Å². The van der Waals surface area contributed by atoms with Gasteiger partial charge >= 0.3 is 0 Å². The van der Waals surface area contributed by atoms with Crippen molar-refractivity contribution in [1.82, 2.24) is 5.32 Å². The highest BCUT2D eigenvalue weighted by molar-refractivity contribution is 9.09. The number of nitrogens with two attached hydrogens (primary N) is 1. The number of hydrogen-bond donors (Lipinski definition) is 3. The Bertz CT molecular complexity index is 1060. The lowest BCUT2D eigenvalue weighted by molar-refractivity contribution is 0.0978. The molecular formula is C21H19BrClN5O2. The maximum absolute atomic E-state index is 12.8. The van der Waals surface area contributed by atoms with Crippen molar-refractivity contribution in [3.05, 3.63) is 76.3 Å². The molecule has 0 fully saturated rings. The Morgan fingerprint density at radius 2 is 1.83 bits per heavy atom. The number of nitrogens with one attached hydrogen (secondary N) is 2. The first-order chi connectivity index (χ1) is 14.4. The van der Waals surface area contributed by atoms with Crippen molar-refractivity contribution in [2.45, 2.75) is 4.83 Å². The zero-order valence-electron chi connectivity index (χ0n) is 16.0. The maximum atomic E-state index is 12.8. The molecule has 154 valence electrons. The molecule has 0 aromatic heterocycles. The predicted octanol–water partition coefficient (Wildman–Crippen LogP) is 3.39. The third kappa shape index (κ3) is 5.34. The molecule has 4 N–H and O–H groups in total. The Balaban J connectivity index is 1.78. The Hall–Kier alpha value is -2.97. The molecule has 2 aromatic carbocycles. The number of halogens is 2. The molecule has 0 saturated carbocycles. The highest BCUT2D eigenvalue weighted by atomic mass is 79.9. The van der Waals surface area contributed by atoms with Crippen molar-refractivity contribution < 1.29 is 9.59 Å². The summed E-state index contributed by atoms with van der Waals surface area (Å²) in [5, 5.41) is 5.86. The molecule has 0 spiro atoms. The molecule has 0 saturated heterocycles. The highest BCUT2D eigenvalue weighted by Crippen LogP contribution is 2.22. The van der Waals surface area contributed by atoms with Gasteiger partial charge in [-0.05, 0) is 36.4 Å². The van der Waals surface area contributed by atoms with Crippen molar-refractivity contribution in [3.63, 3.8) is 0 Å². The number of carbonyl (C=O) groups is 2. The Labute approximate surface area is 187 Å². The number of rotatable bonds is 4. The summed E-state index contributed by atoms with van der Waals surface area (Å²) in [4.78, 5) is 33.8. The fraction of sp³-hybridized carbons (Fsp3) is 0.143. The summed E-state index contributed by atoms with van der Waals surface area (Å²) in [5.41, 5.74) is 7.46. The van der Waals surface area contributed by atoms with Gasteiger partial charge in [0.1, 0.15) is 11.7 Å². The monoisotopic (exact) mass is 487 g/mol. The summed E-state index contributed by atoms with van der Waals surface area (Å²) in [6.45, 7) is 0.522. The van der Waals surface area contributed by atoms with Crippen molar-refractivity contribution in [1.29, 1.82) is 0 Å². The van der Waals surface area contributed by atoms with E-state index in [0.29, 0.717) is 40.1 Å². The minimum Gasteiger partial charge on any atom is -0.384 e. The molecule has 30 heavy (non-hydrogen) atoms. The van der Waals surface area contributed by atoms with Crippen LogP contribution >= 0.6 is 27.5 Å². The number of amidine groups is 2. The molecule has 1 aliphatic heterocycles. The van der Waals surface area contributed by atoms with Crippen LogP contribution in [0, 0.1) is 0 Å². The van der Waals surface area contributed by atoms with Gasteiger partial charge < -0.3 is 16.4 Å². The summed E-state index contributed by atoms with van der Waals surface area (Å²) in [6, 6.07) is 11.4. The molecule has 1 heterocycles. The normalized spacial score (nSPS) is 16.0. The quantitative estimate of drug-likeness (QED) is 0.349. The average molecular weight is 489 g/mol. The highest BCUT2D eigenvalue weighted by Gasteiger charge is 2.17. The molecule has 0 bridgehead atoms. The first-order valence-corrected chi connectivity index (χ1v) is 10.3. The van der Waals surface area contributed by atoms with E-state index in [1.807, 2.05) is 6.08 Å². The van der Waals surface area contributed by atoms with Crippen LogP contribution in [0.1, 0.15) is 26.3 Å². The largest absolute Gasteiger partial charge is 0.384 e. The van der Waals surface area contributed by atoms with Gasteiger partial charge in [-0.2, -0.15) is 0 Å². The summed E-state index contributed by atoms with van der Waals surface area (Å²) in [6.07, 6.45) is 3.61. The summed E-state index contributed by atoms with van der Waals surface area (Å²) in [5.74, 6) is 0.0247. The van der Waals surface area contributed by atoms with Crippen LogP contribution in [0.2, 0.25) is 5.02 Å². The van der Waals surface area contributed by atoms with Gasteiger partial charge in [-0.3, -0.25) is 19.6 Å². The molecule has 1 atom stereocenters. The topological polar surface area (TPSA) is 109 Å². The second-order valence-electron chi connectivity index (χ2n) is 6.39. The first-order valence-electron chi connectivity index (χ1n) is 8.99. The SMILES string of the molecule is CN=C(N)c1ccc(C(=O)Nc2ccc(Cl)cc2C(=O)NC2=NCC(Br)C=C2)cc1. The summed E-state index contributed by atoms with van der Waals surface area (Å²) < 4.78 is 0. The first kappa shape index (κ1) is 21.7. The van der Waals surface area contributed by atoms with Crippen LogP contribution in [0.4, 0.5) is 5.69 Å². The Kier molecular flexibility index (Phi) is 7.02. The number of nitrogens with zero attached hydrogens (tertiary/aromatic N) is 2. The van der Waals surface area contributed by atoms with E-state index in [9.17, 15) is 9.59 Å². The summed E-state index contributed by atoms with van der Waals surface area (Å²) in [7, 11) is 1.59.